The number of thioether (sulfide) groups is 1. The average Bonchev–Trinajstić information content (AvgIpc) is 2.42. The van der Waals surface area contributed by atoms with Crippen molar-refractivity contribution in [2.24, 2.45) is 5.73 Å². The van der Waals surface area contributed by atoms with Crippen LogP contribution < -0.4 is 11.5 Å². The van der Waals surface area contributed by atoms with Gasteiger partial charge in [-0.05, 0) is 31.3 Å². The molecule has 0 radical (unpaired) electrons. The summed E-state index contributed by atoms with van der Waals surface area (Å²) in [6.07, 6.45) is 1.96. The minimum atomic E-state index is -0.145. The molecule has 1 aliphatic rings. The van der Waals surface area contributed by atoms with E-state index in [0.717, 1.165) is 35.6 Å². The third kappa shape index (κ3) is 2.23. The maximum atomic E-state index is 5.93. The van der Waals surface area contributed by atoms with Crippen LogP contribution in [0.5, 0.6) is 0 Å². The molecule has 4 nitrogen and oxygen atoms in total. The number of fused-ring (bicyclic) bond motifs is 1. The van der Waals surface area contributed by atoms with Gasteiger partial charge in [0.25, 0.3) is 0 Å². The second kappa shape index (κ2) is 4.37. The van der Waals surface area contributed by atoms with Crippen LogP contribution in [0.2, 0.25) is 0 Å². The molecule has 0 aromatic carbocycles. The quantitative estimate of drug-likeness (QED) is 0.741. The fraction of sp³-hybridized carbons (Fsp3) is 0.600. The van der Waals surface area contributed by atoms with E-state index in [1.807, 2.05) is 18.7 Å². The van der Waals surface area contributed by atoms with Crippen molar-refractivity contribution in [1.29, 1.82) is 0 Å². The molecule has 0 aliphatic carbocycles. The maximum absolute atomic E-state index is 5.93. The largest absolute Gasteiger partial charge is 0.383 e. The van der Waals surface area contributed by atoms with Crippen LogP contribution in [-0.4, -0.2) is 21.5 Å². The highest BCUT2D eigenvalue weighted by molar-refractivity contribution is 7.99. The van der Waals surface area contributed by atoms with E-state index in [-0.39, 0.29) is 6.04 Å². The predicted molar refractivity (Wildman–Crippen MR) is 63.8 cm³/mol. The van der Waals surface area contributed by atoms with E-state index in [4.69, 9.17) is 11.5 Å². The summed E-state index contributed by atoms with van der Waals surface area (Å²) < 4.78 is 0. The first-order valence-corrected chi connectivity index (χ1v) is 6.32. The van der Waals surface area contributed by atoms with E-state index in [2.05, 4.69) is 9.97 Å². The molecule has 4 N–H and O–H groups in total. The number of nitrogen functional groups attached to an aromatic ring is 1. The lowest BCUT2D eigenvalue weighted by atomic mass is 10.1. The van der Waals surface area contributed by atoms with Crippen molar-refractivity contribution in [2.45, 2.75) is 25.8 Å². The number of anilines is 1. The lowest BCUT2D eigenvalue weighted by Gasteiger charge is -2.11. The minimum Gasteiger partial charge on any atom is -0.383 e. The lowest BCUT2D eigenvalue weighted by molar-refractivity contribution is 0.725. The zero-order valence-electron chi connectivity index (χ0n) is 8.86. The summed E-state index contributed by atoms with van der Waals surface area (Å²) in [6.45, 7) is 1.88. The molecule has 0 saturated heterocycles. The van der Waals surface area contributed by atoms with Gasteiger partial charge in [-0.3, -0.25) is 0 Å². The third-order valence-corrected chi connectivity index (χ3v) is 3.51. The Labute approximate surface area is 93.9 Å². The first-order chi connectivity index (χ1) is 7.18. The highest BCUT2D eigenvalue weighted by Gasteiger charge is 2.16. The molecule has 0 fully saturated rings. The van der Waals surface area contributed by atoms with Crippen LogP contribution in [-0.2, 0) is 12.8 Å². The number of hydrogen-bond acceptors (Lipinski definition) is 5. The minimum absolute atomic E-state index is 0.145. The fourth-order valence-electron chi connectivity index (χ4n) is 1.70. The third-order valence-electron chi connectivity index (χ3n) is 2.53. The molecule has 1 aromatic heterocycles. The second-order valence-corrected chi connectivity index (χ2v) is 5.02. The van der Waals surface area contributed by atoms with Crippen LogP contribution in [0.3, 0.4) is 0 Å². The number of nitrogens with zero attached hydrogens (tertiary/aromatic N) is 2. The number of aromatic nitrogens is 2. The Morgan fingerprint density at radius 3 is 2.73 bits per heavy atom. The van der Waals surface area contributed by atoms with Crippen molar-refractivity contribution in [3.63, 3.8) is 0 Å². The molecule has 5 heteroatoms. The van der Waals surface area contributed by atoms with Gasteiger partial charge in [-0.25, -0.2) is 9.97 Å². The Hall–Kier alpha value is -0.810. The van der Waals surface area contributed by atoms with Crippen molar-refractivity contribution < 1.29 is 0 Å². The first-order valence-electron chi connectivity index (χ1n) is 5.17. The van der Waals surface area contributed by atoms with E-state index < -0.39 is 0 Å². The Morgan fingerprint density at radius 2 is 2.00 bits per heavy atom. The Kier molecular flexibility index (Phi) is 3.11. The van der Waals surface area contributed by atoms with Crippen molar-refractivity contribution in [2.75, 3.05) is 17.2 Å². The summed E-state index contributed by atoms with van der Waals surface area (Å²) in [5, 5.41) is 0. The summed E-state index contributed by atoms with van der Waals surface area (Å²) in [7, 11) is 0. The van der Waals surface area contributed by atoms with Gasteiger partial charge < -0.3 is 11.5 Å². The zero-order valence-corrected chi connectivity index (χ0v) is 9.68. The smallest absolute Gasteiger partial charge is 0.147 e. The van der Waals surface area contributed by atoms with Gasteiger partial charge in [-0.15, -0.1) is 0 Å². The monoisotopic (exact) mass is 224 g/mol. The van der Waals surface area contributed by atoms with Gasteiger partial charge in [-0.1, -0.05) is 0 Å². The van der Waals surface area contributed by atoms with Crippen LogP contribution in [0.25, 0.3) is 0 Å². The van der Waals surface area contributed by atoms with Gasteiger partial charge in [0.1, 0.15) is 11.6 Å². The number of hydrogen-bond donors (Lipinski definition) is 2. The van der Waals surface area contributed by atoms with Crippen LogP contribution in [0.1, 0.15) is 30.0 Å². The standard InChI is InChI=1S/C10H16N4S/c1-6(11)10-13-8-3-5-15-4-2-7(8)9(12)14-10/h6H,2-5,11H2,1H3,(H2,12,13,14). The Balaban J connectivity index is 2.44. The van der Waals surface area contributed by atoms with Crippen LogP contribution in [0, 0.1) is 0 Å². The van der Waals surface area contributed by atoms with E-state index in [9.17, 15) is 0 Å². The second-order valence-electron chi connectivity index (χ2n) is 3.79. The predicted octanol–water partition coefficient (Wildman–Crippen LogP) is 0.910. The van der Waals surface area contributed by atoms with Crippen molar-refractivity contribution in [3.8, 4) is 0 Å². The molecular weight excluding hydrogens is 208 g/mol. The normalized spacial score (nSPS) is 18.0. The molecule has 1 atom stereocenters. The molecule has 0 amide bonds. The number of nitrogens with two attached hydrogens (primary N) is 2. The highest BCUT2D eigenvalue weighted by atomic mass is 32.2. The molecule has 82 valence electrons. The lowest BCUT2D eigenvalue weighted by Crippen LogP contribution is -2.15. The summed E-state index contributed by atoms with van der Waals surface area (Å²) in [4.78, 5) is 8.76. The van der Waals surface area contributed by atoms with Gasteiger partial charge in [0.15, 0.2) is 0 Å². The summed E-state index contributed by atoms with van der Waals surface area (Å²) >= 11 is 1.94. The van der Waals surface area contributed by atoms with E-state index in [1.165, 1.54) is 0 Å². The molecule has 1 unspecified atom stereocenters. The highest BCUT2D eigenvalue weighted by Crippen LogP contribution is 2.23. The van der Waals surface area contributed by atoms with Crippen molar-refractivity contribution in [3.05, 3.63) is 17.1 Å². The van der Waals surface area contributed by atoms with E-state index in [0.29, 0.717) is 11.6 Å². The Bertz CT molecular complexity index is 365. The van der Waals surface area contributed by atoms with Crippen LogP contribution in [0.15, 0.2) is 0 Å². The summed E-state index contributed by atoms with van der Waals surface area (Å²) in [5.74, 6) is 3.51. The molecule has 1 aromatic rings. The van der Waals surface area contributed by atoms with Gasteiger partial charge in [0, 0.05) is 5.56 Å². The molecule has 15 heavy (non-hydrogen) atoms. The van der Waals surface area contributed by atoms with Crippen LogP contribution >= 0.6 is 11.8 Å². The molecule has 2 rings (SSSR count). The Morgan fingerprint density at radius 1 is 1.27 bits per heavy atom. The van der Waals surface area contributed by atoms with Crippen molar-refractivity contribution >= 4 is 17.6 Å². The van der Waals surface area contributed by atoms with E-state index in [1.54, 1.807) is 0 Å². The topological polar surface area (TPSA) is 77.8 Å². The number of rotatable bonds is 1. The molecule has 1 aliphatic heterocycles. The van der Waals surface area contributed by atoms with Gasteiger partial charge in [0.05, 0.1) is 11.7 Å². The molecule has 0 spiro atoms. The summed E-state index contributed by atoms with van der Waals surface area (Å²) in [6, 6.07) is -0.145. The van der Waals surface area contributed by atoms with E-state index >= 15 is 0 Å². The fourth-order valence-corrected chi connectivity index (χ4v) is 2.59. The first kappa shape index (κ1) is 10.7. The SMILES string of the molecule is CC(N)c1nc(N)c2c(n1)CCSCC2. The molecule has 0 saturated carbocycles. The summed E-state index contributed by atoms with van der Waals surface area (Å²) in [5.41, 5.74) is 13.9. The van der Waals surface area contributed by atoms with Gasteiger partial charge in [-0.2, -0.15) is 11.8 Å². The zero-order chi connectivity index (χ0) is 10.8. The average molecular weight is 224 g/mol. The molecule has 0 bridgehead atoms. The molecule has 2 heterocycles. The molecular formula is C10H16N4S. The number of aryl methyl sites for hydroxylation is 1. The van der Waals surface area contributed by atoms with Crippen LogP contribution in [0.4, 0.5) is 5.82 Å². The maximum Gasteiger partial charge on any atom is 0.147 e. The van der Waals surface area contributed by atoms with Gasteiger partial charge in [0.2, 0.25) is 0 Å². The van der Waals surface area contributed by atoms with Crippen molar-refractivity contribution in [1.82, 2.24) is 9.97 Å². The van der Waals surface area contributed by atoms with Gasteiger partial charge >= 0.3 is 0 Å².